The van der Waals surface area contributed by atoms with E-state index in [1.54, 1.807) is 14.2 Å². The Kier molecular flexibility index (Phi) is 6.11. The van der Waals surface area contributed by atoms with E-state index in [1.165, 1.54) is 19.3 Å². The molecule has 1 aliphatic carbocycles. The number of halogens is 1. The van der Waals surface area contributed by atoms with Gasteiger partial charge in [0.05, 0.1) is 30.5 Å². The summed E-state index contributed by atoms with van der Waals surface area (Å²) in [6.45, 7) is 2.14. The quantitative estimate of drug-likeness (QED) is 0.794. The summed E-state index contributed by atoms with van der Waals surface area (Å²) in [4.78, 5) is 23.0. The highest BCUT2D eigenvalue weighted by Crippen LogP contribution is 2.36. The summed E-state index contributed by atoms with van der Waals surface area (Å²) < 4.78 is 10.7. The van der Waals surface area contributed by atoms with Crippen LogP contribution in [-0.4, -0.2) is 35.6 Å². The summed E-state index contributed by atoms with van der Waals surface area (Å²) in [5.74, 6) is 2.46. The number of H-pyrrole nitrogens is 1. The number of aromatic nitrogens is 2. The van der Waals surface area contributed by atoms with E-state index in [2.05, 4.69) is 9.88 Å². The lowest BCUT2D eigenvalue weighted by molar-refractivity contribution is 0.240. The van der Waals surface area contributed by atoms with E-state index in [1.807, 2.05) is 12.1 Å². The molecule has 1 aromatic carbocycles. The van der Waals surface area contributed by atoms with Crippen LogP contribution >= 0.6 is 11.6 Å². The topological polar surface area (TPSA) is 67.5 Å². The highest BCUT2D eigenvalue weighted by Gasteiger charge is 2.25. The van der Waals surface area contributed by atoms with Gasteiger partial charge in [-0.3, -0.25) is 9.69 Å². The molecule has 0 saturated heterocycles. The predicted octanol–water partition coefficient (Wildman–Crippen LogP) is 4.05. The first-order chi connectivity index (χ1) is 14.1. The Labute approximate surface area is 176 Å². The standard InChI is InChI=1S/C22H28ClN3O3/c1-28-19-11-14(10-17(23)20(19)29-2)12-26-9-8-18-16(13-26)22(27)25-21(24-18)15-6-4-3-5-7-15/h10-11,15H,3-9,12-13H2,1-2H3,(H,24,25,27). The molecule has 7 heteroatoms. The minimum atomic E-state index is 0.0191. The maximum absolute atomic E-state index is 12.8. The van der Waals surface area contributed by atoms with E-state index in [0.29, 0.717) is 35.5 Å². The van der Waals surface area contributed by atoms with Crippen molar-refractivity contribution in [3.8, 4) is 11.5 Å². The summed E-state index contributed by atoms with van der Waals surface area (Å²) in [5.41, 5.74) is 2.81. The van der Waals surface area contributed by atoms with Crippen LogP contribution in [0.3, 0.4) is 0 Å². The molecule has 0 radical (unpaired) electrons. The number of fused-ring (bicyclic) bond motifs is 1. The molecule has 0 bridgehead atoms. The zero-order valence-electron chi connectivity index (χ0n) is 17.1. The van der Waals surface area contributed by atoms with Gasteiger partial charge in [0.2, 0.25) is 0 Å². The fraction of sp³-hybridized carbons (Fsp3) is 0.545. The van der Waals surface area contributed by atoms with Crippen LogP contribution in [0, 0.1) is 0 Å². The Morgan fingerprint density at radius 2 is 2.00 bits per heavy atom. The van der Waals surface area contributed by atoms with Gasteiger partial charge in [-0.2, -0.15) is 0 Å². The molecule has 0 spiro atoms. The predicted molar refractivity (Wildman–Crippen MR) is 113 cm³/mol. The van der Waals surface area contributed by atoms with Crippen molar-refractivity contribution in [3.05, 3.63) is 50.2 Å². The SMILES string of the molecule is COc1cc(CN2CCc3nc(C4CCCCC4)[nH]c(=O)c3C2)cc(Cl)c1OC. The molecular weight excluding hydrogens is 390 g/mol. The van der Waals surface area contributed by atoms with Gasteiger partial charge in [-0.15, -0.1) is 0 Å². The Morgan fingerprint density at radius 3 is 2.72 bits per heavy atom. The van der Waals surface area contributed by atoms with Gasteiger partial charge in [0.1, 0.15) is 5.82 Å². The normalized spacial score (nSPS) is 17.8. The van der Waals surface area contributed by atoms with Gasteiger partial charge in [0, 0.05) is 32.0 Å². The molecule has 6 nitrogen and oxygen atoms in total. The molecule has 0 amide bonds. The zero-order chi connectivity index (χ0) is 20.4. The first-order valence-electron chi connectivity index (χ1n) is 10.3. The highest BCUT2D eigenvalue weighted by atomic mass is 35.5. The minimum absolute atomic E-state index is 0.0191. The summed E-state index contributed by atoms with van der Waals surface area (Å²) >= 11 is 6.34. The van der Waals surface area contributed by atoms with Crippen LogP contribution in [0.5, 0.6) is 11.5 Å². The number of ether oxygens (including phenoxy) is 2. The van der Waals surface area contributed by atoms with E-state index < -0.39 is 0 Å². The minimum Gasteiger partial charge on any atom is -0.493 e. The average molecular weight is 418 g/mol. The van der Waals surface area contributed by atoms with E-state index in [4.69, 9.17) is 26.1 Å². The first kappa shape index (κ1) is 20.2. The molecule has 1 aliphatic heterocycles. The third-order valence-corrected chi connectivity index (χ3v) is 6.34. The van der Waals surface area contributed by atoms with Gasteiger partial charge in [0.15, 0.2) is 11.5 Å². The number of benzene rings is 1. The van der Waals surface area contributed by atoms with Gasteiger partial charge in [-0.05, 0) is 30.5 Å². The number of hydrogen-bond acceptors (Lipinski definition) is 5. The zero-order valence-corrected chi connectivity index (χ0v) is 17.8. The molecule has 156 valence electrons. The average Bonchev–Trinajstić information content (AvgIpc) is 2.74. The van der Waals surface area contributed by atoms with Crippen molar-refractivity contribution in [3.63, 3.8) is 0 Å². The molecule has 0 unspecified atom stereocenters. The number of aromatic amines is 1. The molecular formula is C22H28ClN3O3. The number of rotatable bonds is 5. The molecule has 2 heterocycles. The number of hydrogen-bond donors (Lipinski definition) is 1. The Hall–Kier alpha value is -2.05. The second-order valence-electron chi connectivity index (χ2n) is 7.99. The van der Waals surface area contributed by atoms with Crippen LogP contribution in [0.1, 0.15) is 60.7 Å². The van der Waals surface area contributed by atoms with Gasteiger partial charge >= 0.3 is 0 Å². The molecule has 4 rings (SSSR count). The third-order valence-electron chi connectivity index (χ3n) is 6.06. The molecule has 1 N–H and O–H groups in total. The van der Waals surface area contributed by atoms with Gasteiger partial charge in [-0.25, -0.2) is 4.98 Å². The molecule has 2 aliphatic rings. The maximum Gasteiger partial charge on any atom is 0.255 e. The van der Waals surface area contributed by atoms with Crippen LogP contribution in [0.15, 0.2) is 16.9 Å². The van der Waals surface area contributed by atoms with Crippen LogP contribution in [-0.2, 0) is 19.5 Å². The van der Waals surface area contributed by atoms with E-state index >= 15 is 0 Å². The lowest BCUT2D eigenvalue weighted by atomic mass is 9.88. The van der Waals surface area contributed by atoms with Crippen LogP contribution in [0.4, 0.5) is 0 Å². The summed E-state index contributed by atoms with van der Waals surface area (Å²) in [6, 6.07) is 3.84. The Balaban J connectivity index is 1.52. The second kappa shape index (κ2) is 8.76. The smallest absolute Gasteiger partial charge is 0.255 e. The van der Waals surface area contributed by atoms with Gasteiger partial charge < -0.3 is 14.5 Å². The Morgan fingerprint density at radius 1 is 1.21 bits per heavy atom. The van der Waals surface area contributed by atoms with Crippen molar-refractivity contribution in [2.45, 2.75) is 57.5 Å². The van der Waals surface area contributed by atoms with Crippen molar-refractivity contribution >= 4 is 11.6 Å². The van der Waals surface area contributed by atoms with E-state index in [-0.39, 0.29) is 5.56 Å². The molecule has 2 aromatic rings. The van der Waals surface area contributed by atoms with Gasteiger partial charge in [-0.1, -0.05) is 30.9 Å². The molecule has 1 fully saturated rings. The molecule has 29 heavy (non-hydrogen) atoms. The number of nitrogens with zero attached hydrogens (tertiary/aromatic N) is 2. The Bertz CT molecular complexity index is 938. The lowest BCUT2D eigenvalue weighted by Crippen LogP contribution is -2.36. The lowest BCUT2D eigenvalue weighted by Gasteiger charge is -2.29. The molecule has 1 saturated carbocycles. The summed E-state index contributed by atoms with van der Waals surface area (Å²) in [5, 5.41) is 0.524. The van der Waals surface area contributed by atoms with Crippen LogP contribution < -0.4 is 15.0 Å². The summed E-state index contributed by atoms with van der Waals surface area (Å²) in [6.07, 6.45) is 6.81. The fourth-order valence-corrected chi connectivity index (χ4v) is 4.84. The van der Waals surface area contributed by atoms with E-state index in [0.717, 1.165) is 48.5 Å². The van der Waals surface area contributed by atoms with Crippen LogP contribution in [0.2, 0.25) is 5.02 Å². The third kappa shape index (κ3) is 4.28. The fourth-order valence-electron chi connectivity index (χ4n) is 4.53. The monoisotopic (exact) mass is 417 g/mol. The van der Waals surface area contributed by atoms with Crippen molar-refractivity contribution in [2.75, 3.05) is 20.8 Å². The maximum atomic E-state index is 12.8. The second-order valence-corrected chi connectivity index (χ2v) is 8.39. The van der Waals surface area contributed by atoms with Crippen molar-refractivity contribution < 1.29 is 9.47 Å². The van der Waals surface area contributed by atoms with Gasteiger partial charge in [0.25, 0.3) is 5.56 Å². The number of methoxy groups -OCH3 is 2. The first-order valence-corrected chi connectivity index (χ1v) is 10.7. The van der Waals surface area contributed by atoms with Crippen molar-refractivity contribution in [1.29, 1.82) is 0 Å². The number of nitrogens with one attached hydrogen (secondary N) is 1. The van der Waals surface area contributed by atoms with Crippen molar-refractivity contribution in [1.82, 2.24) is 14.9 Å². The van der Waals surface area contributed by atoms with Crippen LogP contribution in [0.25, 0.3) is 0 Å². The van der Waals surface area contributed by atoms with Crippen molar-refractivity contribution in [2.24, 2.45) is 0 Å². The largest absolute Gasteiger partial charge is 0.493 e. The molecule has 1 aromatic heterocycles. The molecule has 0 atom stereocenters. The summed E-state index contributed by atoms with van der Waals surface area (Å²) in [7, 11) is 3.18. The highest BCUT2D eigenvalue weighted by molar-refractivity contribution is 6.32. The van der Waals surface area contributed by atoms with E-state index in [9.17, 15) is 4.79 Å².